The molecule has 0 radical (unpaired) electrons. The van der Waals surface area contributed by atoms with Crippen molar-refractivity contribution in [3.63, 3.8) is 0 Å². The third-order valence-electron chi connectivity index (χ3n) is 6.38. The van der Waals surface area contributed by atoms with Crippen molar-refractivity contribution in [3.8, 4) is 0 Å². The maximum Gasteiger partial charge on any atom is -0.0136 e. The Morgan fingerprint density at radius 1 is 0.789 bits per heavy atom. The number of hydrogen-bond acceptors (Lipinski definition) is 0. The van der Waals surface area contributed by atoms with Crippen molar-refractivity contribution < 1.29 is 0 Å². The van der Waals surface area contributed by atoms with E-state index in [4.69, 9.17) is 0 Å². The summed E-state index contributed by atoms with van der Waals surface area (Å²) in [5.41, 5.74) is 3.48. The minimum absolute atomic E-state index is 0.922. The predicted octanol–water partition coefficient (Wildman–Crippen LogP) is 5.65. The van der Waals surface area contributed by atoms with Crippen molar-refractivity contribution in [1.82, 2.24) is 0 Å². The minimum Gasteiger partial charge on any atom is -0.0773 e. The van der Waals surface area contributed by atoms with Crippen molar-refractivity contribution in [1.29, 1.82) is 0 Å². The Bertz CT molecular complexity index is 394. The Morgan fingerprint density at radius 3 is 2.42 bits per heavy atom. The van der Waals surface area contributed by atoms with E-state index in [1.54, 1.807) is 17.6 Å². The summed E-state index contributed by atoms with van der Waals surface area (Å²) in [6, 6.07) is 0. The molecule has 4 aliphatic rings. The first-order valence-corrected chi connectivity index (χ1v) is 8.82. The van der Waals surface area contributed by atoms with Crippen molar-refractivity contribution >= 4 is 0 Å². The second-order valence-electron chi connectivity index (χ2n) is 7.56. The summed E-state index contributed by atoms with van der Waals surface area (Å²) in [4.78, 5) is 0. The molecule has 0 aromatic heterocycles. The third-order valence-corrected chi connectivity index (χ3v) is 6.38. The van der Waals surface area contributed by atoms with E-state index in [2.05, 4.69) is 12.2 Å². The fourth-order valence-corrected chi connectivity index (χ4v) is 5.38. The zero-order chi connectivity index (χ0) is 12.7. The molecule has 0 bridgehead atoms. The van der Waals surface area contributed by atoms with Gasteiger partial charge >= 0.3 is 0 Å². The van der Waals surface area contributed by atoms with Gasteiger partial charge in [-0.15, -0.1) is 0 Å². The molecule has 0 aliphatic heterocycles. The summed E-state index contributed by atoms with van der Waals surface area (Å²) in [5.74, 6) is 3.95. The molecule has 104 valence electrons. The van der Waals surface area contributed by atoms with Crippen LogP contribution in [0.4, 0.5) is 0 Å². The van der Waals surface area contributed by atoms with Crippen LogP contribution in [0.5, 0.6) is 0 Å². The Hall–Kier alpha value is -0.520. The summed E-state index contributed by atoms with van der Waals surface area (Å²) in [6.07, 6.45) is 21.7. The molecule has 3 unspecified atom stereocenters. The number of rotatable bonds is 2. The average molecular weight is 256 g/mol. The van der Waals surface area contributed by atoms with Crippen LogP contribution in [-0.4, -0.2) is 0 Å². The summed E-state index contributed by atoms with van der Waals surface area (Å²) < 4.78 is 0. The smallest absolute Gasteiger partial charge is 0.0136 e. The first kappa shape index (κ1) is 12.2. The van der Waals surface area contributed by atoms with E-state index in [-0.39, 0.29) is 0 Å². The third kappa shape index (κ3) is 2.32. The second-order valence-corrected chi connectivity index (χ2v) is 7.56. The van der Waals surface area contributed by atoms with Crippen LogP contribution in [0.15, 0.2) is 23.3 Å². The lowest BCUT2D eigenvalue weighted by Crippen LogP contribution is -2.19. The highest BCUT2D eigenvalue weighted by molar-refractivity contribution is 5.40. The van der Waals surface area contributed by atoms with Crippen molar-refractivity contribution in [2.75, 3.05) is 0 Å². The first-order chi connectivity index (χ1) is 9.40. The van der Waals surface area contributed by atoms with Crippen molar-refractivity contribution in [2.45, 2.75) is 70.6 Å². The molecule has 3 atom stereocenters. The van der Waals surface area contributed by atoms with Crippen LogP contribution in [0.25, 0.3) is 0 Å². The number of allylic oxidation sites excluding steroid dienone is 4. The van der Waals surface area contributed by atoms with E-state index >= 15 is 0 Å². The Morgan fingerprint density at radius 2 is 1.58 bits per heavy atom. The van der Waals surface area contributed by atoms with Gasteiger partial charge < -0.3 is 0 Å². The monoisotopic (exact) mass is 256 g/mol. The molecular formula is C19H28. The van der Waals surface area contributed by atoms with Crippen LogP contribution in [0.3, 0.4) is 0 Å². The van der Waals surface area contributed by atoms with E-state index in [1.165, 1.54) is 64.2 Å². The SMILES string of the molecule is C1=C2CCCC2=CC2C1CCC2CC1CCCCC1. The molecule has 3 saturated carbocycles. The maximum atomic E-state index is 2.73. The van der Waals surface area contributed by atoms with Gasteiger partial charge in [-0.1, -0.05) is 44.3 Å². The predicted molar refractivity (Wildman–Crippen MR) is 80.9 cm³/mol. The van der Waals surface area contributed by atoms with Crippen LogP contribution in [-0.2, 0) is 0 Å². The van der Waals surface area contributed by atoms with Gasteiger partial charge in [0.05, 0.1) is 0 Å². The molecular weight excluding hydrogens is 228 g/mol. The molecule has 0 N–H and O–H groups in total. The normalized spacial score (nSPS) is 38.6. The molecule has 0 nitrogen and oxygen atoms in total. The molecule has 0 aromatic rings. The summed E-state index contributed by atoms with van der Waals surface area (Å²) >= 11 is 0. The Balaban J connectivity index is 1.46. The molecule has 0 saturated heterocycles. The Labute approximate surface area is 118 Å². The van der Waals surface area contributed by atoms with Gasteiger partial charge in [-0.05, 0) is 73.3 Å². The van der Waals surface area contributed by atoms with Gasteiger partial charge in [-0.2, -0.15) is 0 Å². The molecule has 0 aromatic carbocycles. The van der Waals surface area contributed by atoms with Crippen molar-refractivity contribution in [2.24, 2.45) is 23.7 Å². The molecule has 0 heteroatoms. The van der Waals surface area contributed by atoms with Gasteiger partial charge in [0.25, 0.3) is 0 Å². The van der Waals surface area contributed by atoms with E-state index in [9.17, 15) is 0 Å². The lowest BCUT2D eigenvalue weighted by molar-refractivity contribution is 0.262. The van der Waals surface area contributed by atoms with E-state index in [0.29, 0.717) is 0 Å². The quantitative estimate of drug-likeness (QED) is 0.599. The lowest BCUT2D eigenvalue weighted by Gasteiger charge is -2.29. The van der Waals surface area contributed by atoms with Gasteiger partial charge in [0, 0.05) is 0 Å². The van der Waals surface area contributed by atoms with Crippen LogP contribution >= 0.6 is 0 Å². The van der Waals surface area contributed by atoms with Crippen LogP contribution in [0.2, 0.25) is 0 Å². The average Bonchev–Trinajstić information content (AvgIpc) is 3.05. The molecule has 4 aliphatic carbocycles. The number of fused-ring (bicyclic) bond motifs is 2. The van der Waals surface area contributed by atoms with Gasteiger partial charge in [-0.3, -0.25) is 0 Å². The molecule has 19 heavy (non-hydrogen) atoms. The summed E-state index contributed by atoms with van der Waals surface area (Å²) in [5, 5.41) is 0. The fourth-order valence-electron chi connectivity index (χ4n) is 5.38. The molecule has 0 heterocycles. The fraction of sp³-hybridized carbons (Fsp3) is 0.789. The minimum atomic E-state index is 0.922. The largest absolute Gasteiger partial charge is 0.0773 e. The summed E-state index contributed by atoms with van der Waals surface area (Å²) in [6.45, 7) is 0. The van der Waals surface area contributed by atoms with E-state index < -0.39 is 0 Å². The van der Waals surface area contributed by atoms with Crippen LogP contribution in [0.1, 0.15) is 70.6 Å². The zero-order valence-corrected chi connectivity index (χ0v) is 12.2. The van der Waals surface area contributed by atoms with Crippen LogP contribution in [0, 0.1) is 23.7 Å². The van der Waals surface area contributed by atoms with Gasteiger partial charge in [0.15, 0.2) is 0 Å². The maximum absolute atomic E-state index is 2.73. The zero-order valence-electron chi connectivity index (χ0n) is 12.2. The summed E-state index contributed by atoms with van der Waals surface area (Å²) in [7, 11) is 0. The first-order valence-electron chi connectivity index (χ1n) is 8.82. The van der Waals surface area contributed by atoms with E-state index in [0.717, 1.165) is 23.7 Å². The molecule has 0 spiro atoms. The second kappa shape index (κ2) is 5.11. The highest BCUT2D eigenvalue weighted by Gasteiger charge is 2.38. The molecule has 3 fully saturated rings. The Kier molecular flexibility index (Phi) is 3.29. The highest BCUT2D eigenvalue weighted by atomic mass is 14.4. The highest BCUT2D eigenvalue weighted by Crippen LogP contribution is 2.49. The lowest BCUT2D eigenvalue weighted by atomic mass is 9.76. The topological polar surface area (TPSA) is 0 Å². The van der Waals surface area contributed by atoms with Gasteiger partial charge in [-0.25, -0.2) is 0 Å². The molecule has 4 rings (SSSR count). The van der Waals surface area contributed by atoms with Crippen molar-refractivity contribution in [3.05, 3.63) is 23.3 Å². The number of hydrogen-bond donors (Lipinski definition) is 0. The molecule has 0 amide bonds. The standard InChI is InChI=1S/C19H28/c1-2-5-14(6-3-1)11-17-9-10-18-12-15-7-4-8-16(15)13-19(17)18/h12-14,17-19H,1-11H2. The van der Waals surface area contributed by atoms with Gasteiger partial charge in [0.1, 0.15) is 0 Å². The van der Waals surface area contributed by atoms with E-state index in [1.807, 2.05) is 0 Å². The van der Waals surface area contributed by atoms with Gasteiger partial charge in [0.2, 0.25) is 0 Å². The van der Waals surface area contributed by atoms with Crippen LogP contribution < -0.4 is 0 Å².